The van der Waals surface area contributed by atoms with Gasteiger partial charge in [-0.15, -0.1) is 0 Å². The van der Waals surface area contributed by atoms with Gasteiger partial charge in [0.15, 0.2) is 5.82 Å². The number of fused-ring (bicyclic) bond motifs is 4. The molecule has 0 saturated heterocycles. The van der Waals surface area contributed by atoms with Gasteiger partial charge in [-0.1, -0.05) is 11.6 Å². The highest BCUT2D eigenvalue weighted by molar-refractivity contribution is 7.92. The lowest BCUT2D eigenvalue weighted by molar-refractivity contribution is -0.123. The Morgan fingerprint density at radius 2 is 1.82 bits per heavy atom. The van der Waals surface area contributed by atoms with E-state index in [0.717, 1.165) is 35.2 Å². The Bertz CT molecular complexity index is 2410. The molecule has 20 heteroatoms. The van der Waals surface area contributed by atoms with Crippen molar-refractivity contribution in [2.24, 2.45) is 13.0 Å². The fourth-order valence-corrected chi connectivity index (χ4v) is 7.56. The quantitative estimate of drug-likeness (QED) is 0.194. The second-order valence-electron chi connectivity index (χ2n) is 12.4. The molecule has 5 aromatic rings. The van der Waals surface area contributed by atoms with Crippen LogP contribution in [-0.4, -0.2) is 49.7 Å². The van der Waals surface area contributed by atoms with Gasteiger partial charge in [0.05, 0.1) is 33.9 Å². The van der Waals surface area contributed by atoms with Gasteiger partial charge in [-0.05, 0) is 42.2 Å². The topological polar surface area (TPSA) is 146 Å². The first kappa shape index (κ1) is 34.5. The summed E-state index contributed by atoms with van der Waals surface area (Å²) in [6.07, 6.45) is -1.56. The molecule has 2 N–H and O–H groups in total. The number of hydrogen-bond acceptors (Lipinski definition) is 7. The van der Waals surface area contributed by atoms with Gasteiger partial charge in [0.2, 0.25) is 15.9 Å². The number of aryl methyl sites for hydroxylation is 1. The first-order valence-corrected chi connectivity index (χ1v) is 17.4. The molecular formula is C31H25ClF6N8O4S. The molecule has 268 valence electrons. The average Bonchev–Trinajstić information content (AvgIpc) is 3.56. The maximum absolute atomic E-state index is 15.2. The van der Waals surface area contributed by atoms with E-state index >= 15 is 8.78 Å². The molecule has 2 aliphatic rings. The molecule has 0 radical (unpaired) electrons. The fourth-order valence-electron chi connectivity index (χ4n) is 6.82. The highest BCUT2D eigenvalue weighted by atomic mass is 35.5. The second-order valence-corrected chi connectivity index (χ2v) is 14.5. The van der Waals surface area contributed by atoms with E-state index in [0.29, 0.717) is 10.7 Å². The largest absolute Gasteiger partial charge is 0.344 e. The van der Waals surface area contributed by atoms with Crippen molar-refractivity contribution in [3.8, 4) is 5.69 Å². The number of carbonyl (C=O) groups excluding carboxylic acids is 1. The smallest absolute Gasteiger partial charge is 0.293 e. The summed E-state index contributed by atoms with van der Waals surface area (Å²) in [7, 11) is -2.40. The van der Waals surface area contributed by atoms with Gasteiger partial charge in [-0.3, -0.25) is 28.2 Å². The molecule has 3 heterocycles. The Kier molecular flexibility index (Phi) is 8.20. The molecular weight excluding hydrogens is 730 g/mol. The highest BCUT2D eigenvalue weighted by Crippen LogP contribution is 2.68. The maximum Gasteiger partial charge on any atom is 0.293 e. The predicted octanol–water partition coefficient (Wildman–Crippen LogP) is 4.87. The Balaban J connectivity index is 1.34. The highest BCUT2D eigenvalue weighted by Gasteiger charge is 2.67. The summed E-state index contributed by atoms with van der Waals surface area (Å²) < 4.78 is 116. The van der Waals surface area contributed by atoms with Gasteiger partial charge in [0, 0.05) is 43.3 Å². The van der Waals surface area contributed by atoms with Gasteiger partial charge >= 0.3 is 0 Å². The molecule has 1 fully saturated rings. The van der Waals surface area contributed by atoms with Crippen LogP contribution in [0.2, 0.25) is 5.02 Å². The van der Waals surface area contributed by atoms with Gasteiger partial charge < -0.3 is 5.32 Å². The van der Waals surface area contributed by atoms with E-state index in [1.807, 2.05) is 0 Å². The number of nitrogens with zero attached hydrogens (tertiary/aromatic N) is 6. The number of aromatic nitrogens is 6. The standard InChI is InChI=1S/C31H25ClF6N8O4S/c1-44-26-20(4-3-18(32)24(26)29(42-44)43-51(2,49)50)46-22(48)5-6-39-30(46)19(9-13-7-14(33)10-15(34)8-13)40-21(47)12-45-27-23(25(41-45)28(35)36)16-11-17(16)31(27,37)38/h3-8,10,16-17,19,28H,9,11-12H2,1-2H3,(H,40,47)(H,42,43)/t16-,17+,19-/m0/s1. The molecule has 51 heavy (non-hydrogen) atoms. The van der Waals surface area contributed by atoms with Gasteiger partial charge in [0.25, 0.3) is 17.9 Å². The summed E-state index contributed by atoms with van der Waals surface area (Å²) >= 11 is 6.45. The monoisotopic (exact) mass is 754 g/mol. The van der Waals surface area contributed by atoms with E-state index in [1.54, 1.807) is 0 Å². The molecule has 2 aromatic carbocycles. The van der Waals surface area contributed by atoms with Gasteiger partial charge in [-0.25, -0.2) is 31.0 Å². The Hall–Kier alpha value is -4.91. The second kappa shape index (κ2) is 12.1. The molecule has 1 amide bonds. The van der Waals surface area contributed by atoms with Crippen molar-refractivity contribution in [3.63, 3.8) is 0 Å². The fraction of sp³-hybridized carbons (Fsp3) is 0.323. The number of halogens is 7. The van der Waals surface area contributed by atoms with Crippen LogP contribution in [0.3, 0.4) is 0 Å². The molecule has 0 aliphatic heterocycles. The minimum Gasteiger partial charge on any atom is -0.344 e. The maximum atomic E-state index is 15.2. The zero-order chi connectivity index (χ0) is 36.7. The van der Waals surface area contributed by atoms with Crippen LogP contribution in [-0.2, 0) is 40.8 Å². The molecule has 3 aromatic heterocycles. The third-order valence-corrected chi connectivity index (χ3v) is 9.66. The third kappa shape index (κ3) is 6.11. The van der Waals surface area contributed by atoms with Crippen LogP contribution in [0.15, 0.2) is 47.4 Å². The van der Waals surface area contributed by atoms with Crippen molar-refractivity contribution >= 4 is 44.3 Å². The number of rotatable bonds is 10. The van der Waals surface area contributed by atoms with Crippen LogP contribution in [0.4, 0.5) is 32.2 Å². The lowest BCUT2D eigenvalue weighted by atomic mass is 10.0. The molecule has 7 rings (SSSR count). The van der Waals surface area contributed by atoms with E-state index in [2.05, 4.69) is 25.2 Å². The Morgan fingerprint density at radius 3 is 2.49 bits per heavy atom. The molecule has 12 nitrogen and oxygen atoms in total. The summed E-state index contributed by atoms with van der Waals surface area (Å²) in [4.78, 5) is 31.5. The summed E-state index contributed by atoms with van der Waals surface area (Å²) in [5.74, 6) is -8.79. The van der Waals surface area contributed by atoms with Crippen molar-refractivity contribution < 1.29 is 39.6 Å². The number of anilines is 1. The van der Waals surface area contributed by atoms with Gasteiger partial charge in [0.1, 0.15) is 35.4 Å². The number of hydrogen-bond donors (Lipinski definition) is 2. The van der Waals surface area contributed by atoms with E-state index in [1.165, 1.54) is 23.9 Å². The molecule has 3 atom stereocenters. The first-order chi connectivity index (χ1) is 23.9. The van der Waals surface area contributed by atoms with Crippen molar-refractivity contribution in [1.29, 1.82) is 0 Å². The number of carbonyl (C=O) groups is 1. The van der Waals surface area contributed by atoms with Gasteiger partial charge in [-0.2, -0.15) is 19.0 Å². The van der Waals surface area contributed by atoms with Crippen LogP contribution in [0.5, 0.6) is 0 Å². The van der Waals surface area contributed by atoms with E-state index in [4.69, 9.17) is 11.6 Å². The normalized spacial score (nSPS) is 18.2. The molecule has 0 unspecified atom stereocenters. The lowest BCUT2D eigenvalue weighted by Crippen LogP contribution is -2.38. The van der Waals surface area contributed by atoms with E-state index in [9.17, 15) is 35.6 Å². The van der Waals surface area contributed by atoms with Crippen LogP contribution >= 0.6 is 11.6 Å². The summed E-state index contributed by atoms with van der Waals surface area (Å²) in [6.45, 7) is -0.942. The lowest BCUT2D eigenvalue weighted by Gasteiger charge is -2.23. The first-order valence-electron chi connectivity index (χ1n) is 15.2. The number of sulfonamides is 1. The number of nitrogens with one attached hydrogen (secondary N) is 2. The van der Waals surface area contributed by atoms with E-state index < -0.39 is 87.7 Å². The minimum atomic E-state index is -3.85. The van der Waals surface area contributed by atoms with Crippen LogP contribution in [0.1, 0.15) is 53.1 Å². The molecule has 1 saturated carbocycles. The van der Waals surface area contributed by atoms with Crippen molar-refractivity contribution in [3.05, 3.63) is 97.9 Å². The van der Waals surface area contributed by atoms with Crippen molar-refractivity contribution in [2.75, 3.05) is 11.0 Å². The van der Waals surface area contributed by atoms with Crippen LogP contribution in [0.25, 0.3) is 16.6 Å². The summed E-state index contributed by atoms with van der Waals surface area (Å²) in [6, 6.07) is 4.98. The Morgan fingerprint density at radius 1 is 1.12 bits per heavy atom. The molecule has 0 spiro atoms. The number of alkyl halides is 4. The number of benzene rings is 2. The average molecular weight is 755 g/mol. The van der Waals surface area contributed by atoms with Crippen molar-refractivity contribution in [1.82, 2.24) is 34.4 Å². The molecule has 0 bridgehead atoms. The summed E-state index contributed by atoms with van der Waals surface area (Å²) in [5.41, 5.74) is -2.42. The Labute approximate surface area is 289 Å². The number of amides is 1. The zero-order valence-corrected chi connectivity index (χ0v) is 27.9. The summed E-state index contributed by atoms with van der Waals surface area (Å²) in [5, 5.41) is 10.6. The van der Waals surface area contributed by atoms with Crippen LogP contribution < -0.4 is 15.6 Å². The third-order valence-electron chi connectivity index (χ3n) is 8.78. The zero-order valence-electron chi connectivity index (χ0n) is 26.3. The van der Waals surface area contributed by atoms with Crippen molar-refractivity contribution in [2.45, 2.75) is 43.7 Å². The minimum absolute atomic E-state index is 0.00420. The predicted molar refractivity (Wildman–Crippen MR) is 170 cm³/mol. The van der Waals surface area contributed by atoms with E-state index in [-0.39, 0.29) is 50.8 Å². The molecule has 2 aliphatic carbocycles. The SMILES string of the molecule is Cn1nc(NS(C)(=O)=O)c2c(Cl)ccc(-n3c([C@H](Cc4cc(F)cc(F)c4)NC(=O)Cn4nc(C(F)F)c5c4C(F)(F)[C@@H]4C[C@H]54)nccc3=O)c21. The van der Waals surface area contributed by atoms with Crippen LogP contribution in [0, 0.1) is 17.6 Å².